The minimum atomic E-state index is -0.257. The Morgan fingerprint density at radius 1 is 1.38 bits per heavy atom. The molecule has 0 radical (unpaired) electrons. The quantitative estimate of drug-likeness (QED) is 0.730. The van der Waals surface area contributed by atoms with Crippen molar-refractivity contribution in [2.75, 3.05) is 6.54 Å². The largest absolute Gasteiger partial charge is 0.508 e. The number of carbonyl (C=O) groups excluding carboxylic acids is 2. The van der Waals surface area contributed by atoms with Crippen LogP contribution in [0.4, 0.5) is 0 Å². The number of hydrogen-bond donors (Lipinski definition) is 2. The summed E-state index contributed by atoms with van der Waals surface area (Å²) in [7, 11) is 0. The predicted molar refractivity (Wildman–Crippen MR) is 60.1 cm³/mol. The standard InChI is InChI=1S/C12H15NO3/c1-9(14)7-12(16)13-6-5-10-3-2-4-11(15)8-10/h2-4,8,15H,5-7H2,1H3,(H,13,16). The van der Waals surface area contributed by atoms with E-state index in [4.69, 9.17) is 0 Å². The first-order chi connectivity index (χ1) is 7.58. The summed E-state index contributed by atoms with van der Waals surface area (Å²) in [5.74, 6) is -0.185. The van der Waals surface area contributed by atoms with Gasteiger partial charge in [0.25, 0.3) is 0 Å². The van der Waals surface area contributed by atoms with Crippen molar-refractivity contribution < 1.29 is 14.7 Å². The molecule has 0 aromatic heterocycles. The maximum atomic E-state index is 11.1. The Hall–Kier alpha value is -1.84. The summed E-state index contributed by atoms with van der Waals surface area (Å²) in [4.78, 5) is 21.8. The SMILES string of the molecule is CC(=O)CC(=O)NCCc1cccc(O)c1. The molecule has 1 aromatic carbocycles. The van der Waals surface area contributed by atoms with Crippen molar-refractivity contribution in [2.24, 2.45) is 0 Å². The zero-order valence-electron chi connectivity index (χ0n) is 9.19. The van der Waals surface area contributed by atoms with E-state index in [1.165, 1.54) is 6.92 Å². The number of rotatable bonds is 5. The van der Waals surface area contributed by atoms with Gasteiger partial charge in [-0.2, -0.15) is 0 Å². The van der Waals surface area contributed by atoms with Crippen LogP contribution in [0.25, 0.3) is 0 Å². The van der Waals surface area contributed by atoms with Gasteiger partial charge >= 0.3 is 0 Å². The molecular formula is C12H15NO3. The molecular weight excluding hydrogens is 206 g/mol. The van der Waals surface area contributed by atoms with E-state index >= 15 is 0 Å². The number of ketones is 1. The minimum Gasteiger partial charge on any atom is -0.508 e. The summed E-state index contributed by atoms with van der Waals surface area (Å²) in [5.41, 5.74) is 0.947. The van der Waals surface area contributed by atoms with Crippen LogP contribution in [0.3, 0.4) is 0 Å². The van der Waals surface area contributed by atoms with Gasteiger partial charge in [0.05, 0.1) is 6.42 Å². The van der Waals surface area contributed by atoms with Gasteiger partial charge in [-0.3, -0.25) is 9.59 Å². The molecule has 0 heterocycles. The van der Waals surface area contributed by atoms with E-state index in [9.17, 15) is 14.7 Å². The van der Waals surface area contributed by atoms with Crippen molar-refractivity contribution in [2.45, 2.75) is 19.8 Å². The fourth-order valence-corrected chi connectivity index (χ4v) is 1.35. The summed E-state index contributed by atoms with van der Waals surface area (Å²) < 4.78 is 0. The Bertz CT molecular complexity index is 388. The van der Waals surface area contributed by atoms with Crippen molar-refractivity contribution >= 4 is 11.7 Å². The van der Waals surface area contributed by atoms with Crippen LogP contribution in [0.2, 0.25) is 0 Å². The lowest BCUT2D eigenvalue weighted by Crippen LogP contribution is -2.27. The van der Waals surface area contributed by atoms with Gasteiger partial charge in [0, 0.05) is 6.54 Å². The Labute approximate surface area is 94.3 Å². The van der Waals surface area contributed by atoms with E-state index in [0.29, 0.717) is 13.0 Å². The Kier molecular flexibility index (Phi) is 4.51. The van der Waals surface area contributed by atoms with Crippen LogP contribution in [0.15, 0.2) is 24.3 Å². The second-order valence-electron chi connectivity index (χ2n) is 3.65. The third kappa shape index (κ3) is 4.59. The third-order valence-electron chi connectivity index (χ3n) is 2.06. The molecule has 0 unspecified atom stereocenters. The van der Waals surface area contributed by atoms with Crippen LogP contribution in [0.1, 0.15) is 18.9 Å². The number of phenols is 1. The minimum absolute atomic E-state index is 0.0694. The van der Waals surface area contributed by atoms with Crippen molar-refractivity contribution in [3.05, 3.63) is 29.8 Å². The fraction of sp³-hybridized carbons (Fsp3) is 0.333. The molecule has 1 rings (SSSR count). The number of hydrogen-bond acceptors (Lipinski definition) is 3. The van der Waals surface area contributed by atoms with Gasteiger partial charge in [-0.05, 0) is 31.0 Å². The van der Waals surface area contributed by atoms with Gasteiger partial charge in [0.2, 0.25) is 5.91 Å². The molecule has 4 nitrogen and oxygen atoms in total. The van der Waals surface area contributed by atoms with E-state index in [0.717, 1.165) is 5.56 Å². The van der Waals surface area contributed by atoms with Crippen LogP contribution in [0.5, 0.6) is 5.75 Å². The molecule has 1 aromatic rings. The molecule has 0 fully saturated rings. The highest BCUT2D eigenvalue weighted by molar-refractivity contribution is 5.96. The first-order valence-corrected chi connectivity index (χ1v) is 5.12. The molecule has 0 saturated carbocycles. The average Bonchev–Trinajstić information content (AvgIpc) is 2.16. The number of carbonyl (C=O) groups is 2. The highest BCUT2D eigenvalue weighted by Gasteiger charge is 2.03. The van der Waals surface area contributed by atoms with Gasteiger partial charge < -0.3 is 10.4 Å². The molecule has 2 N–H and O–H groups in total. The molecule has 4 heteroatoms. The molecule has 1 amide bonds. The maximum absolute atomic E-state index is 11.1. The second kappa shape index (κ2) is 5.90. The van der Waals surface area contributed by atoms with Crippen LogP contribution >= 0.6 is 0 Å². The summed E-state index contributed by atoms with van der Waals surface area (Å²) in [6.45, 7) is 1.85. The Morgan fingerprint density at radius 3 is 2.75 bits per heavy atom. The zero-order chi connectivity index (χ0) is 12.0. The number of amides is 1. The summed E-state index contributed by atoms with van der Waals surface area (Å²) in [6, 6.07) is 6.87. The normalized spacial score (nSPS) is 9.81. The summed E-state index contributed by atoms with van der Waals surface area (Å²) >= 11 is 0. The molecule has 0 aliphatic carbocycles. The molecule has 0 aliphatic rings. The van der Waals surface area contributed by atoms with Crippen molar-refractivity contribution in [3.63, 3.8) is 0 Å². The Morgan fingerprint density at radius 2 is 2.12 bits per heavy atom. The van der Waals surface area contributed by atoms with Gasteiger partial charge in [0.1, 0.15) is 11.5 Å². The number of phenolic OH excluding ortho intramolecular Hbond substituents is 1. The molecule has 86 valence electrons. The van der Waals surface area contributed by atoms with Gasteiger partial charge in [-0.15, -0.1) is 0 Å². The molecule has 0 saturated heterocycles. The lowest BCUT2D eigenvalue weighted by molar-refractivity contribution is -0.127. The van der Waals surface area contributed by atoms with Crippen LogP contribution in [-0.2, 0) is 16.0 Å². The first kappa shape index (κ1) is 12.2. The molecule has 0 atom stereocenters. The Balaban J connectivity index is 2.30. The highest BCUT2D eigenvalue weighted by atomic mass is 16.3. The van der Waals surface area contributed by atoms with Gasteiger partial charge in [0.15, 0.2) is 0 Å². The zero-order valence-corrected chi connectivity index (χ0v) is 9.19. The lowest BCUT2D eigenvalue weighted by Gasteiger charge is -2.04. The summed E-state index contributed by atoms with van der Waals surface area (Å²) in [6.07, 6.45) is 0.568. The monoisotopic (exact) mass is 221 g/mol. The number of Topliss-reactive ketones (excluding diaryl/α,β-unsaturated/α-hetero) is 1. The summed E-state index contributed by atoms with van der Waals surface area (Å²) in [5, 5.41) is 11.8. The molecule has 0 spiro atoms. The van der Waals surface area contributed by atoms with Crippen molar-refractivity contribution in [1.29, 1.82) is 0 Å². The topological polar surface area (TPSA) is 66.4 Å². The number of aromatic hydroxyl groups is 1. The smallest absolute Gasteiger partial charge is 0.227 e. The molecule has 16 heavy (non-hydrogen) atoms. The average molecular weight is 221 g/mol. The van der Waals surface area contributed by atoms with Gasteiger partial charge in [-0.1, -0.05) is 12.1 Å². The van der Waals surface area contributed by atoms with E-state index in [1.54, 1.807) is 18.2 Å². The lowest BCUT2D eigenvalue weighted by atomic mass is 10.1. The van der Waals surface area contributed by atoms with Gasteiger partial charge in [-0.25, -0.2) is 0 Å². The third-order valence-corrected chi connectivity index (χ3v) is 2.06. The van der Waals surface area contributed by atoms with Crippen LogP contribution < -0.4 is 5.32 Å². The first-order valence-electron chi connectivity index (χ1n) is 5.12. The molecule has 0 bridgehead atoms. The number of benzene rings is 1. The van der Waals surface area contributed by atoms with Crippen LogP contribution in [-0.4, -0.2) is 23.3 Å². The predicted octanol–water partition coefficient (Wildman–Crippen LogP) is 1.03. The molecule has 0 aliphatic heterocycles. The van der Waals surface area contributed by atoms with E-state index in [1.807, 2.05) is 6.07 Å². The number of nitrogens with one attached hydrogen (secondary N) is 1. The van der Waals surface area contributed by atoms with E-state index in [2.05, 4.69) is 5.32 Å². The second-order valence-corrected chi connectivity index (χ2v) is 3.65. The fourth-order valence-electron chi connectivity index (χ4n) is 1.35. The van der Waals surface area contributed by atoms with E-state index in [-0.39, 0.29) is 23.9 Å². The maximum Gasteiger partial charge on any atom is 0.227 e. The van der Waals surface area contributed by atoms with Crippen molar-refractivity contribution in [3.8, 4) is 5.75 Å². The van der Waals surface area contributed by atoms with Crippen molar-refractivity contribution in [1.82, 2.24) is 5.32 Å². The highest BCUT2D eigenvalue weighted by Crippen LogP contribution is 2.10. The van der Waals surface area contributed by atoms with Crippen LogP contribution in [0, 0.1) is 0 Å². The van der Waals surface area contributed by atoms with E-state index < -0.39 is 0 Å².